The predicted molar refractivity (Wildman–Crippen MR) is 72.2 cm³/mol. The maximum Gasteiger partial charge on any atom is 0.417 e. The van der Waals surface area contributed by atoms with Crippen LogP contribution in [0.5, 0.6) is 0 Å². The average Bonchev–Trinajstić information content (AvgIpc) is 2.86. The van der Waals surface area contributed by atoms with E-state index in [1.165, 1.54) is 0 Å². The van der Waals surface area contributed by atoms with Gasteiger partial charge in [0, 0.05) is 5.38 Å². The van der Waals surface area contributed by atoms with E-state index in [0.29, 0.717) is 17.4 Å². The van der Waals surface area contributed by atoms with Gasteiger partial charge in [-0.05, 0) is 18.2 Å². The van der Waals surface area contributed by atoms with Crippen LogP contribution < -0.4 is 10.6 Å². The molecule has 1 heterocycles. The van der Waals surface area contributed by atoms with E-state index in [9.17, 15) is 31.5 Å². The predicted octanol–water partition coefficient (Wildman–Crippen LogP) is 4.01. The van der Waals surface area contributed by atoms with Crippen LogP contribution in [0.1, 0.15) is 15.9 Å². The van der Waals surface area contributed by atoms with Crippen molar-refractivity contribution in [1.29, 1.82) is 0 Å². The van der Waals surface area contributed by atoms with Gasteiger partial charge in [-0.3, -0.25) is 15.4 Å². The second kappa shape index (κ2) is 6.32. The molecule has 0 aliphatic rings. The number of alkyl halides is 3. The molecule has 0 spiro atoms. The van der Waals surface area contributed by atoms with Crippen molar-refractivity contribution in [2.45, 2.75) is 6.18 Å². The third kappa shape index (κ3) is 4.03. The highest BCUT2D eigenvalue weighted by Crippen LogP contribution is 2.34. The van der Waals surface area contributed by atoms with Crippen molar-refractivity contribution >= 4 is 28.3 Å². The molecule has 0 unspecified atom stereocenters. The van der Waals surface area contributed by atoms with E-state index in [0.717, 1.165) is 23.6 Å². The van der Waals surface area contributed by atoms with E-state index in [2.05, 4.69) is 0 Å². The summed E-state index contributed by atoms with van der Waals surface area (Å²) in [5, 5.41) is 4.20. The first-order chi connectivity index (χ1) is 10.7. The molecule has 2 rings (SSSR count). The molecule has 0 saturated carbocycles. The summed E-state index contributed by atoms with van der Waals surface area (Å²) < 4.78 is 63.9. The van der Waals surface area contributed by atoms with Gasteiger partial charge in [0.1, 0.15) is 17.2 Å². The lowest BCUT2D eigenvalue weighted by molar-refractivity contribution is -0.137. The number of hydrogen-bond donors (Lipinski definition) is 2. The van der Waals surface area contributed by atoms with Gasteiger partial charge in [0.15, 0.2) is 0 Å². The molecule has 4 nitrogen and oxygen atoms in total. The van der Waals surface area contributed by atoms with Crippen molar-refractivity contribution in [2.75, 3.05) is 5.32 Å². The minimum atomic E-state index is -4.57. The topological polar surface area (TPSA) is 58.2 Å². The van der Waals surface area contributed by atoms with Gasteiger partial charge in [-0.15, -0.1) is 11.3 Å². The first-order valence-corrected chi connectivity index (χ1v) is 6.78. The summed E-state index contributed by atoms with van der Waals surface area (Å²) in [6.45, 7) is 0. The Morgan fingerprint density at radius 1 is 1.09 bits per heavy atom. The van der Waals surface area contributed by atoms with Crippen LogP contribution in [0.25, 0.3) is 0 Å². The zero-order valence-corrected chi connectivity index (χ0v) is 11.8. The number of thiophene rings is 1. The Labute approximate surface area is 129 Å². The summed E-state index contributed by atoms with van der Waals surface area (Å²) in [6, 6.07) is 2.13. The van der Waals surface area contributed by atoms with Crippen LogP contribution in [-0.2, 0) is 6.18 Å². The molecule has 0 aliphatic carbocycles. The Hall–Kier alpha value is -2.49. The molecule has 23 heavy (non-hydrogen) atoms. The van der Waals surface area contributed by atoms with Crippen LogP contribution in [0.3, 0.4) is 0 Å². The van der Waals surface area contributed by atoms with E-state index in [1.54, 1.807) is 5.32 Å². The fraction of sp³-hybridized carbons (Fsp3) is 0.0769. The minimum absolute atomic E-state index is 0.184. The summed E-state index contributed by atoms with van der Waals surface area (Å²) in [4.78, 5) is 23.1. The van der Waals surface area contributed by atoms with Gasteiger partial charge in [-0.1, -0.05) is 6.07 Å². The second-order valence-electron chi connectivity index (χ2n) is 4.20. The van der Waals surface area contributed by atoms with Gasteiger partial charge in [-0.2, -0.15) is 13.2 Å². The fourth-order valence-electron chi connectivity index (χ4n) is 1.57. The number of halogens is 5. The molecule has 0 radical (unpaired) electrons. The van der Waals surface area contributed by atoms with Crippen LogP contribution >= 0.6 is 11.3 Å². The highest BCUT2D eigenvalue weighted by molar-refractivity contribution is 7.14. The Morgan fingerprint density at radius 3 is 2.22 bits per heavy atom. The molecule has 0 fully saturated rings. The van der Waals surface area contributed by atoms with Crippen molar-refractivity contribution in [3.05, 3.63) is 52.4 Å². The molecule has 3 amide bonds. The number of nitrogens with one attached hydrogen (secondary N) is 2. The van der Waals surface area contributed by atoms with Gasteiger partial charge < -0.3 is 0 Å². The van der Waals surface area contributed by atoms with E-state index in [-0.39, 0.29) is 5.00 Å². The fourth-order valence-corrected chi connectivity index (χ4v) is 2.38. The lowest BCUT2D eigenvalue weighted by Crippen LogP contribution is -2.35. The van der Waals surface area contributed by atoms with Gasteiger partial charge in [0.25, 0.3) is 5.91 Å². The zero-order valence-electron chi connectivity index (χ0n) is 11.0. The number of anilines is 1. The first-order valence-electron chi connectivity index (χ1n) is 5.90. The SMILES string of the molecule is O=C(NC(=O)c1c(F)cccc1F)Nc1cc(C(F)(F)F)cs1. The first kappa shape index (κ1) is 16.9. The minimum Gasteiger partial charge on any atom is -0.299 e. The van der Waals surface area contributed by atoms with Crippen molar-refractivity contribution in [1.82, 2.24) is 5.32 Å². The smallest absolute Gasteiger partial charge is 0.299 e. The van der Waals surface area contributed by atoms with Crippen LogP contribution in [0.4, 0.5) is 31.7 Å². The summed E-state index contributed by atoms with van der Waals surface area (Å²) in [7, 11) is 0. The summed E-state index contributed by atoms with van der Waals surface area (Å²) >= 11 is 0.583. The van der Waals surface area contributed by atoms with Crippen molar-refractivity contribution < 1.29 is 31.5 Å². The number of carbonyl (C=O) groups is 2. The highest BCUT2D eigenvalue weighted by Gasteiger charge is 2.31. The maximum atomic E-state index is 13.4. The van der Waals surface area contributed by atoms with E-state index in [1.807, 2.05) is 5.32 Å². The third-order valence-electron chi connectivity index (χ3n) is 2.58. The van der Waals surface area contributed by atoms with Gasteiger partial charge in [0.05, 0.1) is 10.6 Å². The quantitative estimate of drug-likeness (QED) is 0.804. The molecule has 2 N–H and O–H groups in total. The van der Waals surface area contributed by atoms with Gasteiger partial charge in [-0.25, -0.2) is 13.6 Å². The lowest BCUT2D eigenvalue weighted by Gasteiger charge is -2.06. The average molecular weight is 350 g/mol. The molecule has 122 valence electrons. The lowest BCUT2D eigenvalue weighted by atomic mass is 10.2. The number of amides is 3. The summed E-state index contributed by atoms with van der Waals surface area (Å²) in [5.41, 5.74) is -1.94. The Bertz CT molecular complexity index is 737. The monoisotopic (exact) mass is 350 g/mol. The Morgan fingerprint density at radius 2 is 1.70 bits per heavy atom. The molecule has 0 atom stereocenters. The number of hydrogen-bond acceptors (Lipinski definition) is 3. The largest absolute Gasteiger partial charge is 0.417 e. The molecule has 0 saturated heterocycles. The van der Waals surface area contributed by atoms with Crippen LogP contribution in [0.2, 0.25) is 0 Å². The van der Waals surface area contributed by atoms with Crippen LogP contribution in [0.15, 0.2) is 29.6 Å². The molecule has 1 aromatic heterocycles. The van der Waals surface area contributed by atoms with Crippen molar-refractivity contribution in [3.63, 3.8) is 0 Å². The second-order valence-corrected chi connectivity index (χ2v) is 5.11. The number of carbonyl (C=O) groups excluding carboxylic acids is 2. The summed E-state index contributed by atoms with van der Waals surface area (Å²) in [6.07, 6.45) is -4.57. The normalized spacial score (nSPS) is 11.2. The zero-order chi connectivity index (χ0) is 17.2. The molecular weight excluding hydrogens is 343 g/mol. The molecule has 1 aromatic carbocycles. The van der Waals surface area contributed by atoms with E-state index >= 15 is 0 Å². The van der Waals surface area contributed by atoms with Crippen LogP contribution in [-0.4, -0.2) is 11.9 Å². The summed E-state index contributed by atoms with van der Waals surface area (Å²) in [5.74, 6) is -3.71. The molecule has 2 aromatic rings. The highest BCUT2D eigenvalue weighted by atomic mass is 32.1. The molecule has 10 heteroatoms. The Balaban J connectivity index is 2.05. The number of urea groups is 1. The van der Waals surface area contributed by atoms with Crippen molar-refractivity contribution in [2.24, 2.45) is 0 Å². The van der Waals surface area contributed by atoms with E-state index in [4.69, 9.17) is 0 Å². The third-order valence-corrected chi connectivity index (χ3v) is 3.43. The van der Waals surface area contributed by atoms with Crippen LogP contribution in [0, 0.1) is 11.6 Å². The van der Waals surface area contributed by atoms with Gasteiger partial charge >= 0.3 is 12.2 Å². The number of rotatable bonds is 2. The standard InChI is InChI=1S/C13H7F5N2O2S/c14-7-2-1-3-8(15)10(7)11(21)20-12(22)19-9-4-6(5-23-9)13(16,17)18/h1-5H,(H2,19,20,21,22). The number of imide groups is 1. The molecule has 0 aliphatic heterocycles. The van der Waals surface area contributed by atoms with Crippen molar-refractivity contribution in [3.8, 4) is 0 Å². The maximum absolute atomic E-state index is 13.4. The number of benzene rings is 1. The molecule has 0 bridgehead atoms. The Kier molecular flexibility index (Phi) is 4.64. The molecular formula is C13H7F5N2O2S. The van der Waals surface area contributed by atoms with Gasteiger partial charge in [0.2, 0.25) is 0 Å². The van der Waals surface area contributed by atoms with E-state index < -0.39 is 40.9 Å².